The fourth-order valence-electron chi connectivity index (χ4n) is 8.63. The van der Waals surface area contributed by atoms with E-state index in [1.165, 1.54) is 66.2 Å². The maximum Gasteiger partial charge on any atom is 0.108 e. The Morgan fingerprint density at radius 3 is 1.75 bits per heavy atom. The molecule has 0 amide bonds. The number of hydrogen-bond donors (Lipinski definition) is 1. The van der Waals surface area contributed by atoms with E-state index in [4.69, 9.17) is 5.73 Å². The van der Waals surface area contributed by atoms with Crippen molar-refractivity contribution in [3.63, 3.8) is 0 Å². The summed E-state index contributed by atoms with van der Waals surface area (Å²) in [5.74, 6) is 0.694. The van der Waals surface area contributed by atoms with Crippen LogP contribution in [0.15, 0.2) is 206 Å². The molecule has 1 aliphatic carbocycles. The zero-order valence-corrected chi connectivity index (χ0v) is 31.8. The Morgan fingerprint density at radius 1 is 0.561 bits per heavy atom. The van der Waals surface area contributed by atoms with Crippen molar-refractivity contribution in [3.05, 3.63) is 206 Å². The summed E-state index contributed by atoms with van der Waals surface area (Å²) in [6.07, 6.45) is 15.8. The van der Waals surface area contributed by atoms with Gasteiger partial charge in [0.15, 0.2) is 0 Å². The maximum absolute atomic E-state index is 6.67. The summed E-state index contributed by atoms with van der Waals surface area (Å²) >= 11 is 0. The number of anilines is 2. The van der Waals surface area contributed by atoms with E-state index in [9.17, 15) is 0 Å². The topological polar surface area (TPSA) is 39.1 Å². The van der Waals surface area contributed by atoms with Gasteiger partial charge in [0, 0.05) is 38.6 Å². The van der Waals surface area contributed by atoms with Crippen molar-refractivity contribution in [2.75, 3.05) is 4.90 Å². The van der Waals surface area contributed by atoms with Crippen LogP contribution in [-0.4, -0.2) is 15.2 Å². The number of hydrogen-bond acceptors (Lipinski definition) is 2. The van der Waals surface area contributed by atoms with Gasteiger partial charge in [-0.2, -0.15) is 0 Å². The molecule has 0 spiro atoms. The van der Waals surface area contributed by atoms with Gasteiger partial charge in [-0.15, -0.1) is 0 Å². The van der Waals surface area contributed by atoms with Crippen LogP contribution >= 0.6 is 0 Å². The number of allylic oxidation sites excluding steroid dienone is 5. The highest BCUT2D eigenvalue weighted by Crippen LogP contribution is 2.40. The fourth-order valence-corrected chi connectivity index (χ4v) is 8.63. The summed E-state index contributed by atoms with van der Waals surface area (Å²) < 4.78 is 4.55. The minimum atomic E-state index is 0.260. The predicted octanol–water partition coefficient (Wildman–Crippen LogP) is 13.6. The van der Waals surface area contributed by atoms with Crippen molar-refractivity contribution in [2.45, 2.75) is 19.4 Å². The molecule has 1 atom stereocenters. The van der Waals surface area contributed by atoms with E-state index in [0.717, 1.165) is 23.1 Å². The lowest BCUT2D eigenvalue weighted by Crippen LogP contribution is -2.29. The summed E-state index contributed by atoms with van der Waals surface area (Å²) in [7, 11) is 0. The first-order valence-electron chi connectivity index (χ1n) is 19.7. The summed E-state index contributed by atoms with van der Waals surface area (Å²) in [6.45, 7) is 2.00. The smallest absolute Gasteiger partial charge is 0.108 e. The van der Waals surface area contributed by atoms with Gasteiger partial charge in [0.05, 0.1) is 28.1 Å². The van der Waals surface area contributed by atoms with E-state index in [0.29, 0.717) is 5.82 Å². The molecule has 0 fully saturated rings. The first-order valence-corrected chi connectivity index (χ1v) is 19.7. The van der Waals surface area contributed by atoms with E-state index in [-0.39, 0.29) is 6.04 Å². The number of fused-ring (bicyclic) bond motifs is 6. The molecule has 0 saturated heterocycles. The average Bonchev–Trinajstić information content (AvgIpc) is 3.79. The van der Waals surface area contributed by atoms with E-state index >= 15 is 0 Å². The lowest BCUT2D eigenvalue weighted by atomic mass is 9.99. The summed E-state index contributed by atoms with van der Waals surface area (Å²) in [5, 5.41) is 4.81. The summed E-state index contributed by atoms with van der Waals surface area (Å²) in [5.41, 5.74) is 19.5. The summed E-state index contributed by atoms with van der Waals surface area (Å²) in [4.78, 5) is 2.44. The fraction of sp³-hybridized carbons (Fsp3) is 0.0566. The van der Waals surface area contributed by atoms with Crippen molar-refractivity contribution >= 4 is 60.8 Å². The van der Waals surface area contributed by atoms with Gasteiger partial charge in [-0.25, -0.2) is 0 Å². The molecule has 1 aliphatic rings. The van der Waals surface area contributed by atoms with Gasteiger partial charge in [-0.1, -0.05) is 121 Å². The molecule has 57 heavy (non-hydrogen) atoms. The standard InChI is InChI=1S/C53H42N4/c1-2-3-23-53(54)57-49-22-14-13-21-45(49)46-35-39(28-33-52(46)57)40-27-32-51-48(36-40)47-34-38(26-31-50(47)56(51)43-19-11-6-12-20-43)37-24-29-44(30-25-37)55(41-15-7-4-8-16-41)42-17-9-5-10-18-42/h2-17,19-36,42H,18,54H2,1H3/b3-2-,53-23+. The third-order valence-corrected chi connectivity index (χ3v) is 11.3. The second-order valence-corrected chi connectivity index (χ2v) is 14.7. The van der Waals surface area contributed by atoms with Crippen LogP contribution in [0.25, 0.3) is 77.4 Å². The van der Waals surface area contributed by atoms with Crippen molar-refractivity contribution in [1.82, 2.24) is 9.13 Å². The number of nitrogens with zero attached hydrogens (tertiary/aromatic N) is 3. The Labute approximate surface area is 333 Å². The van der Waals surface area contributed by atoms with Gasteiger partial charge in [0.25, 0.3) is 0 Å². The van der Waals surface area contributed by atoms with Crippen molar-refractivity contribution < 1.29 is 0 Å². The number of rotatable bonds is 8. The molecule has 0 aliphatic heterocycles. The molecular formula is C53H42N4. The summed E-state index contributed by atoms with van der Waals surface area (Å²) in [6, 6.07) is 59.8. The first kappa shape index (κ1) is 34.2. The maximum atomic E-state index is 6.67. The quantitative estimate of drug-likeness (QED) is 0.158. The molecule has 0 radical (unpaired) electrons. The molecule has 2 aromatic heterocycles. The normalized spacial score (nSPS) is 14.5. The number of aromatic nitrogens is 2. The minimum absolute atomic E-state index is 0.260. The number of para-hydroxylation sites is 3. The SMILES string of the molecule is C/C=C\C=C(/N)n1c2ccccc2c2cc(-c3ccc4c(c3)c3cc(-c5ccc(N(c6ccccc6)C6C=CC=CC6)cc5)ccc3n4-c3ccccc3)ccc21. The predicted molar refractivity (Wildman–Crippen MR) is 243 cm³/mol. The van der Waals surface area contributed by atoms with Crippen LogP contribution in [0, 0.1) is 0 Å². The molecule has 4 heteroatoms. The zero-order chi connectivity index (χ0) is 38.3. The Balaban J connectivity index is 1.10. The van der Waals surface area contributed by atoms with Crippen molar-refractivity contribution in [3.8, 4) is 27.9 Å². The lowest BCUT2D eigenvalue weighted by Gasteiger charge is -2.32. The molecule has 0 saturated carbocycles. The third-order valence-electron chi connectivity index (χ3n) is 11.3. The van der Waals surface area contributed by atoms with Crippen LogP contribution in [0.2, 0.25) is 0 Å². The number of nitrogens with two attached hydrogens (primary N) is 1. The van der Waals surface area contributed by atoms with E-state index in [1.54, 1.807) is 0 Å². The molecule has 2 heterocycles. The van der Waals surface area contributed by atoms with Crippen molar-refractivity contribution in [2.24, 2.45) is 5.73 Å². The van der Waals surface area contributed by atoms with Gasteiger partial charge in [0.1, 0.15) is 5.82 Å². The Hall–Kier alpha value is -7.30. The van der Waals surface area contributed by atoms with Gasteiger partial charge < -0.3 is 15.2 Å². The first-order chi connectivity index (χ1) is 28.2. The molecule has 1 unspecified atom stereocenters. The van der Waals surface area contributed by atoms with Crippen LogP contribution in [0.1, 0.15) is 13.3 Å². The number of benzene rings is 7. The monoisotopic (exact) mass is 734 g/mol. The molecule has 9 aromatic rings. The Morgan fingerprint density at radius 2 is 1.11 bits per heavy atom. The van der Waals surface area contributed by atoms with Crippen LogP contribution in [0.4, 0.5) is 11.4 Å². The Kier molecular flexibility index (Phi) is 8.65. The van der Waals surface area contributed by atoms with E-state index in [2.05, 4.69) is 202 Å². The molecular weight excluding hydrogens is 693 g/mol. The van der Waals surface area contributed by atoms with Gasteiger partial charge in [-0.3, -0.25) is 4.57 Å². The van der Waals surface area contributed by atoms with E-state index < -0.39 is 0 Å². The highest BCUT2D eigenvalue weighted by atomic mass is 15.2. The largest absolute Gasteiger partial charge is 0.385 e. The van der Waals surface area contributed by atoms with Crippen LogP contribution in [-0.2, 0) is 0 Å². The second-order valence-electron chi connectivity index (χ2n) is 14.7. The van der Waals surface area contributed by atoms with Crippen LogP contribution in [0.5, 0.6) is 0 Å². The molecule has 274 valence electrons. The Bertz CT molecular complexity index is 3050. The minimum Gasteiger partial charge on any atom is -0.385 e. The van der Waals surface area contributed by atoms with Crippen molar-refractivity contribution in [1.29, 1.82) is 0 Å². The second kappa shape index (κ2) is 14.4. The van der Waals surface area contributed by atoms with Gasteiger partial charge >= 0.3 is 0 Å². The highest BCUT2D eigenvalue weighted by Gasteiger charge is 2.20. The molecule has 7 aromatic carbocycles. The molecule has 0 bridgehead atoms. The van der Waals surface area contributed by atoms with Crippen LogP contribution < -0.4 is 10.6 Å². The van der Waals surface area contributed by atoms with Gasteiger partial charge in [-0.05, 0) is 121 Å². The average molecular weight is 735 g/mol. The zero-order valence-electron chi connectivity index (χ0n) is 31.8. The highest BCUT2D eigenvalue weighted by molar-refractivity contribution is 6.13. The molecule has 2 N–H and O–H groups in total. The van der Waals surface area contributed by atoms with E-state index in [1.807, 2.05) is 25.2 Å². The third kappa shape index (κ3) is 6.03. The lowest BCUT2D eigenvalue weighted by molar-refractivity contribution is 0.785. The molecule has 4 nitrogen and oxygen atoms in total. The van der Waals surface area contributed by atoms with Gasteiger partial charge in [0.2, 0.25) is 0 Å². The van der Waals surface area contributed by atoms with Crippen LogP contribution in [0.3, 0.4) is 0 Å². The molecule has 10 rings (SSSR count).